The fraction of sp³-hybridized carbons (Fsp3) is 0.480. The number of halogens is 1. The van der Waals surface area contributed by atoms with Gasteiger partial charge in [-0.2, -0.15) is 0 Å². The Morgan fingerprint density at radius 2 is 1.69 bits per heavy atom. The molecule has 174 valence electrons. The number of carbonyl (C=O) groups is 1. The van der Waals surface area contributed by atoms with E-state index in [1.165, 1.54) is 28.1 Å². The lowest BCUT2D eigenvalue weighted by Gasteiger charge is -2.31. The Labute approximate surface area is 191 Å². The monoisotopic (exact) mass is 460 g/mol. The highest BCUT2D eigenvalue weighted by Gasteiger charge is 2.32. The van der Waals surface area contributed by atoms with Crippen molar-refractivity contribution in [1.82, 2.24) is 9.62 Å². The fourth-order valence-electron chi connectivity index (χ4n) is 3.99. The van der Waals surface area contributed by atoms with E-state index in [2.05, 4.69) is 38.2 Å². The molecule has 3 rings (SSSR count). The van der Waals surface area contributed by atoms with E-state index in [1.807, 2.05) is 19.1 Å². The average Bonchev–Trinajstić information content (AvgIpc) is 2.75. The normalized spacial score (nSPS) is 17.2. The third kappa shape index (κ3) is 5.95. The van der Waals surface area contributed by atoms with Crippen molar-refractivity contribution in [2.75, 3.05) is 13.1 Å². The second-order valence-electron chi connectivity index (χ2n) is 9.62. The molecule has 0 aliphatic carbocycles. The molecule has 1 fully saturated rings. The van der Waals surface area contributed by atoms with Gasteiger partial charge >= 0.3 is 0 Å². The summed E-state index contributed by atoms with van der Waals surface area (Å²) in [6, 6.07) is 14.1. The summed E-state index contributed by atoms with van der Waals surface area (Å²) >= 11 is 0. The number of benzene rings is 2. The standard InChI is InChI=1S/C25H33FN2O3S/c1-18(19-9-11-22(12-10-19)25(2,3)4)27-24(29)20-13-15-28(16-14-20)32(30,31)17-21-7-5-6-8-23(21)26/h5-12,18,20H,13-17H2,1-4H3,(H,27,29). The van der Waals surface area contributed by atoms with Gasteiger partial charge in [0.1, 0.15) is 5.82 Å². The number of hydrogen-bond acceptors (Lipinski definition) is 3. The molecule has 0 aromatic heterocycles. The van der Waals surface area contributed by atoms with Gasteiger partial charge in [-0.3, -0.25) is 4.79 Å². The summed E-state index contributed by atoms with van der Waals surface area (Å²) in [4.78, 5) is 12.8. The molecule has 1 aliphatic rings. The van der Waals surface area contributed by atoms with Crippen LogP contribution < -0.4 is 5.32 Å². The molecule has 2 aromatic carbocycles. The van der Waals surface area contributed by atoms with Crippen molar-refractivity contribution >= 4 is 15.9 Å². The first-order valence-corrected chi connectivity index (χ1v) is 12.7. The maximum atomic E-state index is 13.9. The predicted molar refractivity (Wildman–Crippen MR) is 125 cm³/mol. The zero-order valence-electron chi connectivity index (χ0n) is 19.3. The van der Waals surface area contributed by atoms with Gasteiger partial charge in [-0.05, 0) is 42.4 Å². The summed E-state index contributed by atoms with van der Waals surface area (Å²) in [5, 5.41) is 3.07. The predicted octanol–water partition coefficient (Wildman–Crippen LogP) is 4.54. The summed E-state index contributed by atoms with van der Waals surface area (Å²) in [5.74, 6) is -1.16. The molecule has 1 heterocycles. The van der Waals surface area contributed by atoms with Crippen LogP contribution in [0.3, 0.4) is 0 Å². The van der Waals surface area contributed by atoms with Gasteiger partial charge in [0.25, 0.3) is 0 Å². The highest BCUT2D eigenvalue weighted by Crippen LogP contribution is 2.26. The Kier molecular flexibility index (Phi) is 7.40. The Hall–Kier alpha value is -2.25. The smallest absolute Gasteiger partial charge is 0.223 e. The molecule has 5 nitrogen and oxygen atoms in total. The van der Waals surface area contributed by atoms with E-state index in [0.29, 0.717) is 12.8 Å². The van der Waals surface area contributed by atoms with Crippen molar-refractivity contribution < 1.29 is 17.6 Å². The van der Waals surface area contributed by atoms with Crippen LogP contribution in [0.1, 0.15) is 63.3 Å². The number of hydrogen-bond donors (Lipinski definition) is 1. The van der Waals surface area contributed by atoms with Gasteiger partial charge in [-0.15, -0.1) is 0 Å². The van der Waals surface area contributed by atoms with Gasteiger partial charge in [0, 0.05) is 24.6 Å². The lowest BCUT2D eigenvalue weighted by Crippen LogP contribution is -2.43. The molecule has 0 radical (unpaired) electrons. The molecule has 1 saturated heterocycles. The highest BCUT2D eigenvalue weighted by molar-refractivity contribution is 7.88. The largest absolute Gasteiger partial charge is 0.349 e. The molecular formula is C25H33FN2O3S. The van der Waals surface area contributed by atoms with E-state index >= 15 is 0 Å². The average molecular weight is 461 g/mol. The molecule has 32 heavy (non-hydrogen) atoms. The zero-order chi connectivity index (χ0) is 23.5. The summed E-state index contributed by atoms with van der Waals surface area (Å²) in [6.07, 6.45) is 0.913. The number of rotatable bonds is 6. The minimum absolute atomic E-state index is 0.0523. The number of sulfonamides is 1. The van der Waals surface area contributed by atoms with Crippen molar-refractivity contribution in [1.29, 1.82) is 0 Å². The summed E-state index contributed by atoms with van der Waals surface area (Å²) in [6.45, 7) is 8.98. The fourth-order valence-corrected chi connectivity index (χ4v) is 5.56. The van der Waals surface area contributed by atoms with Gasteiger partial charge in [0.15, 0.2) is 0 Å². The van der Waals surface area contributed by atoms with Gasteiger partial charge < -0.3 is 5.32 Å². The number of nitrogens with one attached hydrogen (secondary N) is 1. The van der Waals surface area contributed by atoms with Gasteiger partial charge in [0.05, 0.1) is 11.8 Å². The molecule has 0 bridgehead atoms. The number of piperidine rings is 1. The second kappa shape index (κ2) is 9.71. The molecule has 1 N–H and O–H groups in total. The Balaban J connectivity index is 1.54. The molecule has 0 spiro atoms. The molecule has 7 heteroatoms. The first kappa shape index (κ1) is 24.4. The van der Waals surface area contributed by atoms with Gasteiger partial charge in [0.2, 0.25) is 15.9 Å². The highest BCUT2D eigenvalue weighted by atomic mass is 32.2. The molecule has 1 amide bonds. The minimum Gasteiger partial charge on any atom is -0.349 e. The summed E-state index contributed by atoms with van der Waals surface area (Å²) in [5.41, 5.74) is 2.52. The van der Waals surface area contributed by atoms with Crippen molar-refractivity contribution in [2.24, 2.45) is 5.92 Å². The van der Waals surface area contributed by atoms with E-state index in [4.69, 9.17) is 0 Å². The molecule has 1 aliphatic heterocycles. The zero-order valence-corrected chi connectivity index (χ0v) is 20.1. The van der Waals surface area contributed by atoms with Crippen LogP contribution in [-0.4, -0.2) is 31.7 Å². The molecule has 2 aromatic rings. The maximum absolute atomic E-state index is 13.9. The molecule has 0 saturated carbocycles. The Bertz CT molecular complexity index is 1040. The molecule has 1 atom stereocenters. The number of amides is 1. The summed E-state index contributed by atoms with van der Waals surface area (Å²) < 4.78 is 40.6. The first-order chi connectivity index (χ1) is 15.0. The van der Waals surface area contributed by atoms with Crippen LogP contribution >= 0.6 is 0 Å². The van der Waals surface area contributed by atoms with Crippen molar-refractivity contribution in [3.63, 3.8) is 0 Å². The van der Waals surface area contributed by atoms with E-state index in [1.54, 1.807) is 6.07 Å². The number of nitrogens with zero attached hydrogens (tertiary/aromatic N) is 1. The molecule has 1 unspecified atom stereocenters. The van der Waals surface area contributed by atoms with Crippen LogP contribution in [0.5, 0.6) is 0 Å². The van der Waals surface area contributed by atoms with Crippen molar-refractivity contribution in [3.8, 4) is 0 Å². The van der Waals surface area contributed by atoms with Gasteiger partial charge in [-0.1, -0.05) is 63.2 Å². The molecular weight excluding hydrogens is 427 g/mol. The van der Waals surface area contributed by atoms with Crippen LogP contribution in [0.25, 0.3) is 0 Å². The SMILES string of the molecule is CC(NC(=O)C1CCN(S(=O)(=O)Cc2ccccc2F)CC1)c1ccc(C(C)(C)C)cc1. The number of carbonyl (C=O) groups excluding carboxylic acids is 1. The maximum Gasteiger partial charge on any atom is 0.223 e. The van der Waals surface area contributed by atoms with Crippen molar-refractivity contribution in [3.05, 3.63) is 71.0 Å². The lowest BCUT2D eigenvalue weighted by molar-refractivity contribution is -0.126. The lowest BCUT2D eigenvalue weighted by atomic mass is 9.86. The van der Waals surface area contributed by atoms with Crippen molar-refractivity contribution in [2.45, 2.75) is 57.7 Å². The third-order valence-electron chi connectivity index (χ3n) is 6.15. The van der Waals surface area contributed by atoms with Crippen LogP contribution in [0.2, 0.25) is 0 Å². The quantitative estimate of drug-likeness (QED) is 0.688. The topological polar surface area (TPSA) is 66.5 Å². The van der Waals surface area contributed by atoms with Crippen LogP contribution in [0.15, 0.2) is 48.5 Å². The van der Waals surface area contributed by atoms with Crippen LogP contribution in [0.4, 0.5) is 4.39 Å². The van der Waals surface area contributed by atoms with E-state index < -0.39 is 15.8 Å². The second-order valence-corrected chi connectivity index (χ2v) is 11.6. The Morgan fingerprint density at radius 3 is 2.25 bits per heavy atom. The van der Waals surface area contributed by atoms with Crippen LogP contribution in [-0.2, 0) is 26.0 Å². The Morgan fingerprint density at radius 1 is 1.09 bits per heavy atom. The summed E-state index contributed by atoms with van der Waals surface area (Å²) in [7, 11) is -3.63. The van der Waals surface area contributed by atoms with Crippen LogP contribution in [0, 0.1) is 11.7 Å². The van der Waals surface area contributed by atoms with E-state index in [-0.39, 0.29) is 47.7 Å². The first-order valence-electron chi connectivity index (χ1n) is 11.1. The van der Waals surface area contributed by atoms with E-state index in [9.17, 15) is 17.6 Å². The van der Waals surface area contributed by atoms with E-state index in [0.717, 1.165) is 5.56 Å². The third-order valence-corrected chi connectivity index (χ3v) is 7.98. The minimum atomic E-state index is -3.63. The van der Waals surface area contributed by atoms with Gasteiger partial charge in [-0.25, -0.2) is 17.1 Å².